The number of benzene rings is 1. The first-order chi connectivity index (χ1) is 16.5. The van der Waals surface area contributed by atoms with E-state index in [9.17, 15) is 15.2 Å². The van der Waals surface area contributed by atoms with E-state index in [4.69, 9.17) is 0 Å². The number of amides is 1. The lowest BCUT2D eigenvalue weighted by molar-refractivity contribution is -0.0140. The highest BCUT2D eigenvalue weighted by molar-refractivity contribution is 5.93. The third-order valence-corrected chi connectivity index (χ3v) is 8.99. The number of carbonyl (C=O) groups excluding carboxylic acids is 1. The van der Waals surface area contributed by atoms with Crippen molar-refractivity contribution in [3.05, 3.63) is 71.2 Å². The lowest BCUT2D eigenvalue weighted by Crippen LogP contribution is -2.65. The number of nitrogens with zero attached hydrogens (tertiary/aromatic N) is 4. The number of piperidine rings is 1. The number of pyridine rings is 1. The molecule has 2 aliphatic heterocycles. The highest BCUT2D eigenvalue weighted by atomic mass is 16.3. The number of hydrogen-bond acceptors (Lipinski definition) is 5. The van der Waals surface area contributed by atoms with Gasteiger partial charge in [0.25, 0.3) is 5.91 Å². The SMILES string of the molecule is N#CC1(c2ccc3nc(C(=O)N4CC[C@]5(Cc6ccccc6CN5)[C@H](O)C4)cn3c2)CC12CC2. The van der Waals surface area contributed by atoms with Gasteiger partial charge in [0.05, 0.1) is 23.1 Å². The van der Waals surface area contributed by atoms with Crippen LogP contribution in [-0.2, 0) is 18.4 Å². The number of nitriles is 1. The van der Waals surface area contributed by atoms with Crippen LogP contribution in [0.5, 0.6) is 0 Å². The quantitative estimate of drug-likeness (QED) is 0.622. The standard InChI is InChI=1S/C27H27N5O2/c28-17-26(16-25(26)7-8-25)20-5-6-23-30-21(14-32(23)13-20)24(34)31-10-9-27(22(33)15-31)11-18-3-1-2-4-19(18)12-29-27/h1-6,13-14,22,29,33H,7-12,15-16H2/t22-,26?,27+/m1/s1. The summed E-state index contributed by atoms with van der Waals surface area (Å²) >= 11 is 0. The number of nitrogens with one attached hydrogen (secondary N) is 1. The van der Waals surface area contributed by atoms with Gasteiger partial charge in [-0.1, -0.05) is 30.3 Å². The summed E-state index contributed by atoms with van der Waals surface area (Å²) < 4.78 is 1.87. The van der Waals surface area contributed by atoms with Crippen molar-refractivity contribution in [1.82, 2.24) is 19.6 Å². The molecule has 1 aromatic carbocycles. The normalized spacial score (nSPS) is 30.8. The number of likely N-dealkylation sites (tertiary alicyclic amines) is 1. The minimum Gasteiger partial charge on any atom is -0.389 e. The molecule has 4 heterocycles. The molecule has 1 saturated heterocycles. The van der Waals surface area contributed by atoms with E-state index >= 15 is 0 Å². The third-order valence-electron chi connectivity index (χ3n) is 8.99. The van der Waals surface area contributed by atoms with E-state index in [0.29, 0.717) is 24.3 Å². The van der Waals surface area contributed by atoms with Crippen molar-refractivity contribution in [2.75, 3.05) is 13.1 Å². The van der Waals surface area contributed by atoms with Crippen LogP contribution in [0, 0.1) is 16.7 Å². The Kier molecular flexibility index (Phi) is 3.97. The Balaban J connectivity index is 1.11. The smallest absolute Gasteiger partial charge is 0.274 e. The Bertz CT molecular complexity index is 1390. The van der Waals surface area contributed by atoms with Crippen LogP contribution in [0.3, 0.4) is 0 Å². The molecule has 3 atom stereocenters. The summed E-state index contributed by atoms with van der Waals surface area (Å²) in [5.74, 6) is -0.157. The summed E-state index contributed by atoms with van der Waals surface area (Å²) in [5, 5.41) is 24.5. The second-order valence-corrected chi connectivity index (χ2v) is 10.8. The van der Waals surface area contributed by atoms with Crippen LogP contribution >= 0.6 is 0 Å². The number of β-amino-alcohol motifs (C(OH)–C–C–N with tert-alkyl or cyclic N) is 1. The maximum absolute atomic E-state index is 13.3. The molecule has 1 amide bonds. The first kappa shape index (κ1) is 20.2. The molecular formula is C27H27N5O2. The van der Waals surface area contributed by atoms with Gasteiger partial charge in [-0.05, 0) is 60.3 Å². The maximum atomic E-state index is 13.3. The Hall–Kier alpha value is -3.21. The van der Waals surface area contributed by atoms with E-state index in [1.54, 1.807) is 11.1 Å². The number of aliphatic hydroxyl groups excluding tert-OH is 1. The zero-order valence-electron chi connectivity index (χ0n) is 19.0. The lowest BCUT2D eigenvalue weighted by atomic mass is 9.76. The Morgan fingerprint density at radius 1 is 1.15 bits per heavy atom. The van der Waals surface area contributed by atoms with Gasteiger partial charge in [-0.3, -0.25) is 4.79 Å². The zero-order chi connectivity index (χ0) is 23.1. The van der Waals surface area contributed by atoms with E-state index < -0.39 is 11.6 Å². The van der Waals surface area contributed by atoms with E-state index in [0.717, 1.165) is 37.8 Å². The van der Waals surface area contributed by atoms with E-state index in [1.807, 2.05) is 34.9 Å². The molecule has 172 valence electrons. The molecule has 2 spiro atoms. The summed E-state index contributed by atoms with van der Waals surface area (Å²) in [5.41, 5.74) is 4.09. The first-order valence-electron chi connectivity index (χ1n) is 12.2. The van der Waals surface area contributed by atoms with Crippen LogP contribution in [0.1, 0.15) is 52.9 Å². The van der Waals surface area contributed by atoms with Gasteiger partial charge in [0.15, 0.2) is 0 Å². The van der Waals surface area contributed by atoms with Crippen molar-refractivity contribution in [3.8, 4) is 6.07 Å². The zero-order valence-corrected chi connectivity index (χ0v) is 19.0. The third kappa shape index (κ3) is 2.70. The van der Waals surface area contributed by atoms with Crippen LogP contribution in [0.15, 0.2) is 48.8 Å². The van der Waals surface area contributed by atoms with Crippen molar-refractivity contribution in [2.24, 2.45) is 5.41 Å². The summed E-state index contributed by atoms with van der Waals surface area (Å²) in [6.45, 7) is 1.60. The molecule has 1 unspecified atom stereocenters. The highest BCUT2D eigenvalue weighted by Crippen LogP contribution is 2.78. The number of fused-ring (bicyclic) bond motifs is 2. The van der Waals surface area contributed by atoms with Crippen LogP contribution in [-0.4, -0.2) is 50.0 Å². The molecule has 2 saturated carbocycles. The minimum atomic E-state index is -0.651. The van der Waals surface area contributed by atoms with Gasteiger partial charge in [-0.2, -0.15) is 5.26 Å². The largest absolute Gasteiger partial charge is 0.389 e. The molecule has 0 bridgehead atoms. The Morgan fingerprint density at radius 2 is 1.97 bits per heavy atom. The molecular weight excluding hydrogens is 426 g/mol. The number of imidazole rings is 1. The van der Waals surface area contributed by atoms with Crippen LogP contribution < -0.4 is 5.32 Å². The molecule has 0 radical (unpaired) electrons. The Morgan fingerprint density at radius 3 is 2.71 bits per heavy atom. The monoisotopic (exact) mass is 453 g/mol. The molecule has 7 nitrogen and oxygen atoms in total. The number of carbonyl (C=O) groups is 1. The fraction of sp³-hybridized carbons (Fsp3) is 0.444. The minimum absolute atomic E-state index is 0.157. The molecule has 7 rings (SSSR count). The van der Waals surface area contributed by atoms with E-state index in [1.165, 1.54) is 11.1 Å². The predicted octanol–water partition coefficient (Wildman–Crippen LogP) is 2.57. The van der Waals surface area contributed by atoms with Gasteiger partial charge in [0.2, 0.25) is 0 Å². The second kappa shape index (κ2) is 6.68. The van der Waals surface area contributed by atoms with Crippen molar-refractivity contribution in [3.63, 3.8) is 0 Å². The van der Waals surface area contributed by atoms with E-state index in [-0.39, 0.29) is 23.3 Å². The second-order valence-electron chi connectivity index (χ2n) is 10.8. The van der Waals surface area contributed by atoms with Crippen LogP contribution in [0.25, 0.3) is 5.65 Å². The molecule has 3 fully saturated rings. The lowest BCUT2D eigenvalue weighted by Gasteiger charge is -2.48. The molecule has 7 heteroatoms. The molecule has 2 aliphatic carbocycles. The molecule has 2 N–H and O–H groups in total. The number of rotatable bonds is 2. The van der Waals surface area contributed by atoms with Crippen LogP contribution in [0.4, 0.5) is 0 Å². The highest BCUT2D eigenvalue weighted by Gasteiger charge is 2.75. The number of hydrogen-bond donors (Lipinski definition) is 2. The molecule has 2 aromatic heterocycles. The van der Waals surface area contributed by atoms with Gasteiger partial charge in [-0.25, -0.2) is 4.98 Å². The predicted molar refractivity (Wildman–Crippen MR) is 125 cm³/mol. The van der Waals surface area contributed by atoms with Crippen molar-refractivity contribution in [2.45, 2.75) is 55.7 Å². The van der Waals surface area contributed by atoms with Crippen LogP contribution in [0.2, 0.25) is 0 Å². The average molecular weight is 454 g/mol. The maximum Gasteiger partial charge on any atom is 0.274 e. The van der Waals surface area contributed by atoms with Crippen molar-refractivity contribution in [1.29, 1.82) is 5.26 Å². The Labute approximate surface area is 198 Å². The summed E-state index contributed by atoms with van der Waals surface area (Å²) in [6.07, 6.45) is 7.75. The molecule has 4 aliphatic rings. The summed E-state index contributed by atoms with van der Waals surface area (Å²) in [4.78, 5) is 19.6. The number of aromatic nitrogens is 2. The fourth-order valence-electron chi connectivity index (χ4n) is 6.51. The average Bonchev–Trinajstić information content (AvgIpc) is 3.74. The van der Waals surface area contributed by atoms with Crippen molar-refractivity contribution >= 4 is 11.6 Å². The number of aliphatic hydroxyl groups is 1. The first-order valence-corrected chi connectivity index (χ1v) is 12.2. The van der Waals surface area contributed by atoms with Gasteiger partial charge in [0, 0.05) is 32.0 Å². The summed E-state index contributed by atoms with van der Waals surface area (Å²) in [7, 11) is 0. The van der Waals surface area contributed by atoms with Gasteiger partial charge < -0.3 is 19.7 Å². The fourth-order valence-corrected chi connectivity index (χ4v) is 6.51. The summed E-state index contributed by atoms with van der Waals surface area (Å²) in [6, 6.07) is 14.8. The van der Waals surface area contributed by atoms with E-state index in [2.05, 4.69) is 28.5 Å². The topological polar surface area (TPSA) is 93.7 Å². The molecule has 3 aromatic rings. The van der Waals surface area contributed by atoms with Gasteiger partial charge in [0.1, 0.15) is 11.3 Å². The molecule has 34 heavy (non-hydrogen) atoms. The van der Waals surface area contributed by atoms with Gasteiger partial charge in [-0.15, -0.1) is 0 Å². The van der Waals surface area contributed by atoms with Gasteiger partial charge >= 0.3 is 0 Å². The van der Waals surface area contributed by atoms with Crippen molar-refractivity contribution < 1.29 is 9.90 Å².